The SMILES string of the molecule is CCNC(CCC(F)(F)F)c1cccc(F)c1F. The van der Waals surface area contributed by atoms with Gasteiger partial charge in [0.05, 0.1) is 0 Å². The van der Waals surface area contributed by atoms with E-state index in [0.29, 0.717) is 6.54 Å². The minimum Gasteiger partial charge on any atom is -0.310 e. The van der Waals surface area contributed by atoms with E-state index in [-0.39, 0.29) is 12.0 Å². The van der Waals surface area contributed by atoms with Crippen molar-refractivity contribution in [2.24, 2.45) is 0 Å². The molecule has 0 heterocycles. The van der Waals surface area contributed by atoms with Gasteiger partial charge in [-0.3, -0.25) is 0 Å². The van der Waals surface area contributed by atoms with E-state index >= 15 is 0 Å². The lowest BCUT2D eigenvalue weighted by atomic mass is 10.0. The van der Waals surface area contributed by atoms with Crippen LogP contribution in [-0.4, -0.2) is 12.7 Å². The highest BCUT2D eigenvalue weighted by Gasteiger charge is 2.29. The van der Waals surface area contributed by atoms with Crippen molar-refractivity contribution < 1.29 is 22.0 Å². The van der Waals surface area contributed by atoms with Gasteiger partial charge in [0.15, 0.2) is 11.6 Å². The van der Waals surface area contributed by atoms with Crippen molar-refractivity contribution in [3.63, 3.8) is 0 Å². The van der Waals surface area contributed by atoms with Gasteiger partial charge >= 0.3 is 6.18 Å². The van der Waals surface area contributed by atoms with Gasteiger partial charge in [-0.25, -0.2) is 8.78 Å². The van der Waals surface area contributed by atoms with Gasteiger partial charge in [0.25, 0.3) is 0 Å². The Hall–Kier alpha value is -1.17. The van der Waals surface area contributed by atoms with Crippen LogP contribution in [0.5, 0.6) is 0 Å². The number of halogens is 5. The molecule has 0 aliphatic carbocycles. The highest BCUT2D eigenvalue weighted by Crippen LogP contribution is 2.29. The maximum atomic E-state index is 13.5. The van der Waals surface area contributed by atoms with Crippen molar-refractivity contribution in [1.82, 2.24) is 5.32 Å². The maximum absolute atomic E-state index is 13.5. The van der Waals surface area contributed by atoms with Crippen molar-refractivity contribution in [3.05, 3.63) is 35.4 Å². The van der Waals surface area contributed by atoms with Gasteiger partial charge in [0, 0.05) is 18.0 Å². The quantitative estimate of drug-likeness (QED) is 0.796. The predicted octanol–water partition coefficient (Wildman–Crippen LogP) is 3.96. The minimum absolute atomic E-state index is 0.0684. The summed E-state index contributed by atoms with van der Waals surface area (Å²) in [6, 6.07) is 2.67. The average Bonchev–Trinajstić information content (AvgIpc) is 2.27. The Morgan fingerprint density at radius 3 is 2.44 bits per heavy atom. The number of nitrogens with one attached hydrogen (secondary N) is 1. The standard InChI is InChI=1S/C12H14F5N/c1-2-18-10(6-7-12(15,16)17)8-4-3-5-9(13)11(8)14/h3-5,10,18H,2,6-7H2,1H3. The van der Waals surface area contributed by atoms with Gasteiger partial charge in [-0.1, -0.05) is 19.1 Å². The van der Waals surface area contributed by atoms with E-state index in [2.05, 4.69) is 5.32 Å². The molecule has 18 heavy (non-hydrogen) atoms. The molecule has 0 fully saturated rings. The summed E-state index contributed by atoms with van der Waals surface area (Å²) in [5.41, 5.74) is -0.0684. The minimum atomic E-state index is -4.31. The van der Waals surface area contributed by atoms with Crippen LogP contribution >= 0.6 is 0 Å². The first kappa shape index (κ1) is 14.9. The third-order valence-corrected chi connectivity index (χ3v) is 2.52. The molecule has 1 unspecified atom stereocenters. The maximum Gasteiger partial charge on any atom is 0.389 e. The number of hydrogen-bond donors (Lipinski definition) is 1. The first-order chi connectivity index (χ1) is 8.35. The second-order valence-electron chi connectivity index (χ2n) is 3.91. The second-order valence-corrected chi connectivity index (χ2v) is 3.91. The molecule has 1 atom stereocenters. The number of rotatable bonds is 5. The largest absolute Gasteiger partial charge is 0.389 e. The van der Waals surface area contributed by atoms with Crippen LogP contribution in [0.3, 0.4) is 0 Å². The van der Waals surface area contributed by atoms with Crippen molar-refractivity contribution in [1.29, 1.82) is 0 Å². The van der Waals surface area contributed by atoms with Gasteiger partial charge in [0.1, 0.15) is 0 Å². The van der Waals surface area contributed by atoms with Crippen molar-refractivity contribution in [2.45, 2.75) is 32.0 Å². The van der Waals surface area contributed by atoms with E-state index in [1.54, 1.807) is 6.92 Å². The molecule has 0 amide bonds. The summed E-state index contributed by atoms with van der Waals surface area (Å²) in [5, 5.41) is 2.73. The van der Waals surface area contributed by atoms with Crippen molar-refractivity contribution >= 4 is 0 Å². The highest BCUT2D eigenvalue weighted by molar-refractivity contribution is 5.22. The molecule has 6 heteroatoms. The molecule has 102 valence electrons. The molecule has 0 spiro atoms. The molecule has 0 saturated carbocycles. The van der Waals surface area contributed by atoms with Crippen LogP contribution in [0, 0.1) is 11.6 Å². The molecule has 1 nitrogen and oxygen atoms in total. The van der Waals surface area contributed by atoms with Crippen LogP contribution in [0.1, 0.15) is 31.4 Å². The normalized spacial score (nSPS) is 13.7. The molecule has 0 aliphatic heterocycles. The van der Waals surface area contributed by atoms with Gasteiger partial charge < -0.3 is 5.32 Å². The van der Waals surface area contributed by atoms with Crippen LogP contribution < -0.4 is 5.32 Å². The zero-order valence-corrected chi connectivity index (χ0v) is 9.82. The van der Waals surface area contributed by atoms with E-state index in [1.807, 2.05) is 0 Å². The molecule has 0 saturated heterocycles. The molecule has 0 aliphatic rings. The Kier molecular flexibility index (Phi) is 5.07. The fourth-order valence-corrected chi connectivity index (χ4v) is 1.71. The summed E-state index contributed by atoms with van der Waals surface area (Å²) < 4.78 is 63.0. The molecule has 0 radical (unpaired) electrons. The summed E-state index contributed by atoms with van der Waals surface area (Å²) in [7, 11) is 0. The Morgan fingerprint density at radius 2 is 1.89 bits per heavy atom. The number of benzene rings is 1. The van der Waals surface area contributed by atoms with Gasteiger partial charge in [-0.05, 0) is 19.0 Å². The van der Waals surface area contributed by atoms with Crippen LogP contribution in [0.25, 0.3) is 0 Å². The second kappa shape index (κ2) is 6.13. The summed E-state index contributed by atoms with van der Waals surface area (Å²) in [4.78, 5) is 0. The third-order valence-electron chi connectivity index (χ3n) is 2.52. The topological polar surface area (TPSA) is 12.0 Å². The Balaban J connectivity index is 2.87. The predicted molar refractivity (Wildman–Crippen MR) is 58.1 cm³/mol. The summed E-state index contributed by atoms with van der Waals surface area (Å²) in [6.45, 7) is 2.07. The molecule has 1 aromatic carbocycles. The molecule has 0 aromatic heterocycles. The van der Waals surface area contributed by atoms with Gasteiger partial charge in [-0.15, -0.1) is 0 Å². The van der Waals surface area contributed by atoms with Crippen molar-refractivity contribution in [2.75, 3.05) is 6.54 Å². The highest BCUT2D eigenvalue weighted by atomic mass is 19.4. The van der Waals surface area contributed by atoms with Crippen LogP contribution in [0.4, 0.5) is 22.0 Å². The molecule has 1 aromatic rings. The Bertz CT molecular complexity index is 389. The van der Waals surface area contributed by atoms with E-state index in [4.69, 9.17) is 0 Å². The zero-order chi connectivity index (χ0) is 13.8. The van der Waals surface area contributed by atoms with E-state index in [1.165, 1.54) is 12.1 Å². The summed E-state index contributed by atoms with van der Waals surface area (Å²) in [6.07, 6.45) is -5.67. The molecular formula is C12H14F5N. The smallest absolute Gasteiger partial charge is 0.310 e. The summed E-state index contributed by atoms with van der Waals surface area (Å²) in [5.74, 6) is -2.15. The van der Waals surface area contributed by atoms with Gasteiger partial charge in [0.2, 0.25) is 0 Å². The van der Waals surface area contributed by atoms with Crippen LogP contribution in [-0.2, 0) is 0 Å². The van der Waals surface area contributed by atoms with Crippen LogP contribution in [0.2, 0.25) is 0 Å². The van der Waals surface area contributed by atoms with Crippen LogP contribution in [0.15, 0.2) is 18.2 Å². The molecular weight excluding hydrogens is 253 g/mol. The van der Waals surface area contributed by atoms with E-state index in [9.17, 15) is 22.0 Å². The van der Waals surface area contributed by atoms with Gasteiger partial charge in [-0.2, -0.15) is 13.2 Å². The molecule has 0 bridgehead atoms. The monoisotopic (exact) mass is 267 g/mol. The zero-order valence-electron chi connectivity index (χ0n) is 9.82. The van der Waals surface area contributed by atoms with E-state index in [0.717, 1.165) is 6.07 Å². The number of hydrogen-bond acceptors (Lipinski definition) is 1. The summed E-state index contributed by atoms with van der Waals surface area (Å²) >= 11 is 0. The Morgan fingerprint density at radius 1 is 1.22 bits per heavy atom. The molecule has 1 N–H and O–H groups in total. The molecule has 1 rings (SSSR count). The Labute approximate surface area is 102 Å². The third kappa shape index (κ3) is 4.25. The fourth-order valence-electron chi connectivity index (χ4n) is 1.71. The first-order valence-electron chi connectivity index (χ1n) is 5.59. The number of alkyl halides is 3. The average molecular weight is 267 g/mol. The first-order valence-corrected chi connectivity index (χ1v) is 5.59. The lowest BCUT2D eigenvalue weighted by Crippen LogP contribution is -2.24. The lowest BCUT2D eigenvalue weighted by molar-refractivity contribution is -0.136. The fraction of sp³-hybridized carbons (Fsp3) is 0.500. The lowest BCUT2D eigenvalue weighted by Gasteiger charge is -2.19. The van der Waals surface area contributed by atoms with Crippen molar-refractivity contribution in [3.8, 4) is 0 Å². The van der Waals surface area contributed by atoms with E-state index < -0.39 is 30.3 Å².